The third-order valence-corrected chi connectivity index (χ3v) is 21.1. The molecule has 0 saturated heterocycles. The van der Waals surface area contributed by atoms with Gasteiger partial charge in [0.2, 0.25) is 0 Å². The van der Waals surface area contributed by atoms with E-state index in [4.69, 9.17) is 0 Å². The number of anilines is 6. The van der Waals surface area contributed by atoms with E-state index in [0.717, 1.165) is 28.4 Å². The lowest BCUT2D eigenvalue weighted by atomic mass is 9.70. The van der Waals surface area contributed by atoms with E-state index in [0.29, 0.717) is 0 Å². The second kappa shape index (κ2) is 18.1. The van der Waals surface area contributed by atoms with Gasteiger partial charge in [0, 0.05) is 50.2 Å². The molecule has 12 aromatic rings. The van der Waals surface area contributed by atoms with Crippen molar-refractivity contribution >= 4 is 34.1 Å². The summed E-state index contributed by atoms with van der Waals surface area (Å²) >= 11 is 0. The van der Waals surface area contributed by atoms with E-state index in [-0.39, 0.29) is 16.2 Å². The highest BCUT2D eigenvalue weighted by atomic mass is 15.2. The van der Waals surface area contributed by atoms with Gasteiger partial charge in [0.25, 0.3) is 0 Å². The summed E-state index contributed by atoms with van der Waals surface area (Å²) in [5.74, 6) is 0. The molecule has 5 aliphatic carbocycles. The van der Waals surface area contributed by atoms with Crippen LogP contribution in [0, 0.1) is 20.8 Å². The van der Waals surface area contributed by atoms with Crippen molar-refractivity contribution in [3.63, 3.8) is 0 Å². The van der Waals surface area contributed by atoms with Crippen molar-refractivity contribution in [3.05, 3.63) is 321 Å². The van der Waals surface area contributed by atoms with Gasteiger partial charge in [-0.15, -0.1) is 0 Å². The summed E-state index contributed by atoms with van der Waals surface area (Å²) in [4.78, 5) is 5.06. The van der Waals surface area contributed by atoms with Crippen molar-refractivity contribution < 1.29 is 0 Å². The summed E-state index contributed by atoms with van der Waals surface area (Å²) < 4.78 is 0. The largest absolute Gasteiger partial charge is 0.310 e. The predicted molar refractivity (Wildman–Crippen MR) is 364 cm³/mol. The summed E-state index contributed by atoms with van der Waals surface area (Å²) in [6, 6.07) is 95.6. The number of rotatable bonds is 7. The molecule has 0 heterocycles. The van der Waals surface area contributed by atoms with Crippen LogP contribution in [-0.4, -0.2) is 0 Å². The van der Waals surface area contributed by atoms with Crippen LogP contribution in [0.4, 0.5) is 34.1 Å². The number of hydrogen-bond donors (Lipinski definition) is 0. The lowest BCUT2D eigenvalue weighted by molar-refractivity contribution is 0.659. The molecule has 0 bridgehead atoms. The third-order valence-electron chi connectivity index (χ3n) is 21.1. The fourth-order valence-electron chi connectivity index (χ4n) is 16.9. The molecule has 0 aliphatic heterocycles. The van der Waals surface area contributed by atoms with Crippen LogP contribution in [0.25, 0.3) is 66.8 Å². The van der Waals surface area contributed by atoms with Gasteiger partial charge in [-0.05, 0) is 210 Å². The normalized spacial score (nSPS) is 15.3. The Bertz CT molecular complexity index is 4790. The van der Waals surface area contributed by atoms with Crippen molar-refractivity contribution in [1.82, 2.24) is 0 Å². The topological polar surface area (TPSA) is 6.48 Å². The molecule has 0 radical (unpaired) electrons. The molecule has 12 aromatic carbocycles. The standard InChI is InChI=1S/C85H68N2/c1-51-29-39-64-67-42-36-57(48-78(67)83(6,7)75(64)45-51)86(58-37-43-68-65-40-30-52(2)46-76(65)84(8,9)79(68)49-58)56-35-41-60(53(3)47-56)54-31-33-55(34-32-54)87(59-38-44-66-61-19-10-14-23-70(61)82(4,5)77(66)50-59)80-28-18-27-74-81(80)69-22-13-17-26-73(69)85(74)71-24-15-11-20-62(71)63-21-12-16-25-72(63)85/h10-50H,1-9H3. The van der Waals surface area contributed by atoms with Crippen LogP contribution in [0.3, 0.4) is 0 Å². The van der Waals surface area contributed by atoms with Crippen LogP contribution in [0.1, 0.15) is 114 Å². The molecule has 0 N–H and O–H groups in total. The number of fused-ring (bicyclic) bond motifs is 19. The number of aryl methyl sites for hydroxylation is 3. The monoisotopic (exact) mass is 1120 g/mol. The van der Waals surface area contributed by atoms with Gasteiger partial charge in [0.05, 0.1) is 11.1 Å². The van der Waals surface area contributed by atoms with E-state index in [9.17, 15) is 0 Å². The zero-order valence-electron chi connectivity index (χ0n) is 51.1. The van der Waals surface area contributed by atoms with Crippen LogP contribution in [-0.2, 0) is 21.7 Å². The fraction of sp³-hybridized carbons (Fsp3) is 0.153. The number of nitrogens with zero attached hydrogens (tertiary/aromatic N) is 2. The first-order valence-corrected chi connectivity index (χ1v) is 31.1. The summed E-state index contributed by atoms with van der Waals surface area (Å²) in [6.45, 7) is 21.1. The van der Waals surface area contributed by atoms with Crippen molar-refractivity contribution in [1.29, 1.82) is 0 Å². The van der Waals surface area contributed by atoms with Crippen LogP contribution < -0.4 is 9.80 Å². The number of hydrogen-bond acceptors (Lipinski definition) is 2. The van der Waals surface area contributed by atoms with E-state index in [1.807, 2.05) is 0 Å². The first kappa shape index (κ1) is 51.6. The Kier molecular flexibility index (Phi) is 10.8. The molecule has 17 rings (SSSR count). The number of benzene rings is 12. The quantitative estimate of drug-likeness (QED) is 0.157. The summed E-state index contributed by atoms with van der Waals surface area (Å²) in [5.41, 5.74) is 38.9. The van der Waals surface area contributed by atoms with Crippen molar-refractivity contribution in [2.24, 2.45) is 0 Å². The first-order chi connectivity index (χ1) is 42.1. The van der Waals surface area contributed by atoms with Gasteiger partial charge < -0.3 is 9.80 Å². The zero-order chi connectivity index (χ0) is 59.0. The van der Waals surface area contributed by atoms with E-state index in [1.165, 1.54) is 145 Å². The van der Waals surface area contributed by atoms with Crippen LogP contribution in [0.5, 0.6) is 0 Å². The lowest BCUT2D eigenvalue weighted by Crippen LogP contribution is -2.26. The second-order valence-electron chi connectivity index (χ2n) is 27.0. The Labute approximate surface area is 512 Å². The van der Waals surface area contributed by atoms with Crippen molar-refractivity contribution in [2.45, 2.75) is 84.0 Å². The highest BCUT2D eigenvalue weighted by Crippen LogP contribution is 2.65. The van der Waals surface area contributed by atoms with Crippen LogP contribution >= 0.6 is 0 Å². The molecule has 1 spiro atoms. The first-order valence-electron chi connectivity index (χ1n) is 31.1. The molecule has 0 atom stereocenters. The Hall–Kier alpha value is -9.76. The van der Waals surface area contributed by atoms with Gasteiger partial charge in [-0.2, -0.15) is 0 Å². The minimum absolute atomic E-state index is 0.149. The minimum Gasteiger partial charge on any atom is -0.310 e. The van der Waals surface area contributed by atoms with Gasteiger partial charge in [-0.3, -0.25) is 0 Å². The molecule has 0 unspecified atom stereocenters. The van der Waals surface area contributed by atoms with Gasteiger partial charge in [0.15, 0.2) is 0 Å². The smallest absolute Gasteiger partial charge is 0.0726 e. The Balaban J connectivity index is 0.804. The van der Waals surface area contributed by atoms with E-state index < -0.39 is 5.41 Å². The second-order valence-corrected chi connectivity index (χ2v) is 27.0. The molecule has 2 heteroatoms. The highest BCUT2D eigenvalue weighted by Gasteiger charge is 2.52. The van der Waals surface area contributed by atoms with Crippen molar-refractivity contribution in [3.8, 4) is 66.8 Å². The average molecular weight is 1120 g/mol. The Morgan fingerprint density at radius 1 is 0.241 bits per heavy atom. The SMILES string of the molecule is Cc1ccc2c(c1)C(C)(C)c1cc(N(c3ccc(-c4ccc(N(c5ccc6c(c5)C(C)(C)c5ccccc5-6)c5cccc6c5-c5ccccc5C65c6ccccc6-c6ccccc65)cc4)c(C)c3)c3ccc4c(c3)C(C)(C)c3cc(C)ccc3-4)ccc1-2. The van der Waals surface area contributed by atoms with E-state index >= 15 is 0 Å². The summed E-state index contributed by atoms with van der Waals surface area (Å²) in [5, 5.41) is 0. The van der Waals surface area contributed by atoms with Gasteiger partial charge in [-0.1, -0.05) is 235 Å². The maximum absolute atomic E-state index is 2.55. The summed E-state index contributed by atoms with van der Waals surface area (Å²) in [7, 11) is 0. The molecule has 0 fully saturated rings. The molecule has 418 valence electrons. The molecule has 0 saturated carbocycles. The molecule has 5 aliphatic rings. The maximum Gasteiger partial charge on any atom is 0.0726 e. The molecule has 2 nitrogen and oxygen atoms in total. The lowest BCUT2D eigenvalue weighted by Gasteiger charge is -2.32. The average Bonchev–Trinajstić information content (AvgIpc) is 1.83. The molecular formula is C85H68N2. The maximum atomic E-state index is 2.55. The molecule has 0 amide bonds. The Morgan fingerprint density at radius 3 is 1.08 bits per heavy atom. The predicted octanol–water partition coefficient (Wildman–Crippen LogP) is 22.5. The van der Waals surface area contributed by atoms with Gasteiger partial charge >= 0.3 is 0 Å². The third kappa shape index (κ3) is 7.04. The Morgan fingerprint density at radius 2 is 0.586 bits per heavy atom. The molecule has 0 aromatic heterocycles. The fourth-order valence-corrected chi connectivity index (χ4v) is 16.9. The van der Waals surface area contributed by atoms with E-state index in [1.54, 1.807) is 0 Å². The van der Waals surface area contributed by atoms with Crippen LogP contribution in [0.2, 0.25) is 0 Å². The van der Waals surface area contributed by atoms with Gasteiger partial charge in [0.1, 0.15) is 0 Å². The van der Waals surface area contributed by atoms with Crippen LogP contribution in [0.15, 0.2) is 249 Å². The highest BCUT2D eigenvalue weighted by molar-refractivity contribution is 6.02. The van der Waals surface area contributed by atoms with Crippen molar-refractivity contribution in [2.75, 3.05) is 9.80 Å². The molecule has 87 heavy (non-hydrogen) atoms. The summed E-state index contributed by atoms with van der Waals surface area (Å²) in [6.07, 6.45) is 0. The minimum atomic E-state index is -0.462. The van der Waals surface area contributed by atoms with E-state index in [2.05, 4.69) is 321 Å². The molecular weight excluding hydrogens is 1050 g/mol. The van der Waals surface area contributed by atoms with Gasteiger partial charge in [-0.25, -0.2) is 0 Å². The zero-order valence-corrected chi connectivity index (χ0v) is 51.1.